The third-order valence-electron chi connectivity index (χ3n) is 5.03. The van der Waals surface area contributed by atoms with Gasteiger partial charge in [0.15, 0.2) is 0 Å². The smallest absolute Gasteiger partial charge is 0.272 e. The van der Waals surface area contributed by atoms with Crippen LogP contribution in [0.5, 0.6) is 0 Å². The number of piperazine rings is 1. The van der Waals surface area contributed by atoms with Gasteiger partial charge < -0.3 is 14.7 Å². The highest BCUT2D eigenvalue weighted by atomic mass is 16.2. The molecule has 7 heteroatoms. The highest BCUT2D eigenvalue weighted by Crippen LogP contribution is 2.15. The summed E-state index contributed by atoms with van der Waals surface area (Å²) in [6.45, 7) is 9.18. The lowest BCUT2D eigenvalue weighted by Gasteiger charge is -2.34. The Bertz CT molecular complexity index is 758. The normalized spacial score (nSPS) is 15.0. The van der Waals surface area contributed by atoms with Crippen LogP contribution < -0.4 is 4.90 Å². The topological polar surface area (TPSA) is 65.5 Å². The van der Waals surface area contributed by atoms with Crippen LogP contribution in [-0.2, 0) is 6.42 Å². The van der Waals surface area contributed by atoms with Crippen LogP contribution in [0, 0.1) is 6.92 Å². The Balaban J connectivity index is 1.67. The van der Waals surface area contributed by atoms with Crippen molar-refractivity contribution in [1.29, 1.82) is 0 Å². The minimum Gasteiger partial charge on any atom is -0.359 e. The summed E-state index contributed by atoms with van der Waals surface area (Å²) in [4.78, 5) is 32.2. The van der Waals surface area contributed by atoms with Crippen LogP contribution >= 0.6 is 0 Å². The molecule has 1 amide bonds. The molecule has 0 spiro atoms. The van der Waals surface area contributed by atoms with E-state index in [9.17, 15) is 4.79 Å². The molecule has 1 aliphatic rings. The second kappa shape index (κ2) is 8.90. The second-order valence-corrected chi connectivity index (χ2v) is 6.91. The minimum absolute atomic E-state index is 0.0000341. The van der Waals surface area contributed by atoms with E-state index >= 15 is 0 Å². The third kappa shape index (κ3) is 5.01. The molecule has 3 heterocycles. The van der Waals surface area contributed by atoms with Crippen LogP contribution in [0.3, 0.4) is 0 Å². The lowest BCUT2D eigenvalue weighted by Crippen LogP contribution is -2.48. The number of nitrogens with zero attached hydrogens (tertiary/aromatic N) is 6. The number of anilines is 1. The zero-order chi connectivity index (χ0) is 19.2. The Kier molecular flexibility index (Phi) is 6.34. The van der Waals surface area contributed by atoms with Gasteiger partial charge in [0.1, 0.15) is 17.3 Å². The first kappa shape index (κ1) is 19.2. The Morgan fingerprint density at radius 2 is 1.85 bits per heavy atom. The number of amides is 1. The molecule has 1 fully saturated rings. The molecule has 1 saturated heterocycles. The third-order valence-corrected chi connectivity index (χ3v) is 5.03. The summed E-state index contributed by atoms with van der Waals surface area (Å²) in [6, 6.07) is 5.85. The summed E-state index contributed by atoms with van der Waals surface area (Å²) in [7, 11) is 2.00. The summed E-state index contributed by atoms with van der Waals surface area (Å²) in [5.74, 6) is 1.41. The predicted molar refractivity (Wildman–Crippen MR) is 106 cm³/mol. The highest BCUT2D eigenvalue weighted by Gasteiger charge is 2.23. The van der Waals surface area contributed by atoms with Gasteiger partial charge in [-0.05, 0) is 37.6 Å². The molecule has 0 saturated carbocycles. The van der Waals surface area contributed by atoms with Crippen molar-refractivity contribution in [2.45, 2.75) is 20.3 Å². The van der Waals surface area contributed by atoms with E-state index in [1.54, 1.807) is 12.4 Å². The summed E-state index contributed by atoms with van der Waals surface area (Å²) in [6.07, 6.45) is 4.50. The first-order chi connectivity index (χ1) is 13.1. The van der Waals surface area contributed by atoms with Gasteiger partial charge in [0, 0.05) is 58.2 Å². The molecule has 0 N–H and O–H groups in total. The van der Waals surface area contributed by atoms with Crippen LogP contribution in [0.25, 0.3) is 0 Å². The van der Waals surface area contributed by atoms with Crippen LogP contribution in [0.4, 0.5) is 5.82 Å². The molecule has 0 aliphatic carbocycles. The van der Waals surface area contributed by atoms with Crippen LogP contribution in [0.1, 0.15) is 28.8 Å². The molecular weight excluding hydrogens is 340 g/mol. The average Bonchev–Trinajstić information content (AvgIpc) is 2.71. The van der Waals surface area contributed by atoms with Gasteiger partial charge in [0.2, 0.25) is 0 Å². The summed E-state index contributed by atoms with van der Waals surface area (Å²) < 4.78 is 0. The molecule has 2 aromatic heterocycles. The van der Waals surface area contributed by atoms with Gasteiger partial charge in [0.25, 0.3) is 5.91 Å². The molecule has 27 heavy (non-hydrogen) atoms. The van der Waals surface area contributed by atoms with Gasteiger partial charge >= 0.3 is 0 Å². The number of aryl methyl sites for hydroxylation is 1. The number of carbonyl (C=O) groups is 1. The Morgan fingerprint density at radius 1 is 1.15 bits per heavy atom. The summed E-state index contributed by atoms with van der Waals surface area (Å²) in [5, 5.41) is 0. The molecule has 2 aromatic rings. The largest absolute Gasteiger partial charge is 0.359 e. The lowest BCUT2D eigenvalue weighted by atomic mass is 10.2. The van der Waals surface area contributed by atoms with Gasteiger partial charge in [-0.1, -0.05) is 6.92 Å². The summed E-state index contributed by atoms with van der Waals surface area (Å²) in [5.41, 5.74) is 1.71. The van der Waals surface area contributed by atoms with Gasteiger partial charge in [-0.2, -0.15) is 0 Å². The Labute approximate surface area is 161 Å². The zero-order valence-electron chi connectivity index (χ0n) is 16.4. The van der Waals surface area contributed by atoms with Crippen molar-refractivity contribution in [2.24, 2.45) is 0 Å². The highest BCUT2D eigenvalue weighted by molar-refractivity contribution is 5.93. The van der Waals surface area contributed by atoms with Crippen molar-refractivity contribution in [2.75, 3.05) is 51.2 Å². The molecule has 0 bridgehead atoms. The van der Waals surface area contributed by atoms with E-state index in [0.29, 0.717) is 11.5 Å². The van der Waals surface area contributed by atoms with Crippen molar-refractivity contribution in [3.05, 3.63) is 47.7 Å². The fourth-order valence-corrected chi connectivity index (χ4v) is 3.25. The molecular formula is C20H28N6O. The number of hydrogen-bond acceptors (Lipinski definition) is 6. The van der Waals surface area contributed by atoms with Gasteiger partial charge in [0.05, 0.1) is 0 Å². The molecule has 3 rings (SSSR count). The number of carbonyl (C=O) groups excluding carboxylic acids is 1. The number of aromatic nitrogens is 3. The van der Waals surface area contributed by atoms with Crippen molar-refractivity contribution in [3.8, 4) is 0 Å². The van der Waals surface area contributed by atoms with E-state index in [0.717, 1.165) is 51.5 Å². The average molecular weight is 368 g/mol. The maximum Gasteiger partial charge on any atom is 0.272 e. The molecule has 7 nitrogen and oxygen atoms in total. The molecule has 0 aromatic carbocycles. The van der Waals surface area contributed by atoms with Gasteiger partial charge in [-0.25, -0.2) is 9.97 Å². The van der Waals surface area contributed by atoms with E-state index in [1.165, 1.54) is 5.56 Å². The molecule has 1 aliphatic heterocycles. The zero-order valence-corrected chi connectivity index (χ0v) is 16.4. The van der Waals surface area contributed by atoms with Crippen molar-refractivity contribution < 1.29 is 4.79 Å². The van der Waals surface area contributed by atoms with Gasteiger partial charge in [-0.15, -0.1) is 0 Å². The maximum absolute atomic E-state index is 12.9. The molecule has 0 radical (unpaired) electrons. The van der Waals surface area contributed by atoms with Crippen molar-refractivity contribution in [1.82, 2.24) is 24.8 Å². The SMILES string of the molecule is CCN1CCN(C(=O)c2cc(N(C)CCc3ccncc3)nc(C)n2)CC1. The Hall–Kier alpha value is -2.54. The molecule has 144 valence electrons. The first-order valence-corrected chi connectivity index (χ1v) is 9.54. The molecule has 0 atom stereocenters. The van der Waals surface area contributed by atoms with E-state index in [2.05, 4.69) is 31.7 Å². The van der Waals surface area contributed by atoms with Gasteiger partial charge in [-0.3, -0.25) is 9.78 Å². The van der Waals surface area contributed by atoms with Crippen LogP contribution in [0.2, 0.25) is 0 Å². The van der Waals surface area contributed by atoms with E-state index < -0.39 is 0 Å². The van der Waals surface area contributed by atoms with Crippen LogP contribution in [-0.4, -0.2) is 77.0 Å². The lowest BCUT2D eigenvalue weighted by molar-refractivity contribution is 0.0637. The number of pyridine rings is 1. The monoisotopic (exact) mass is 368 g/mol. The number of hydrogen-bond donors (Lipinski definition) is 0. The summed E-state index contributed by atoms with van der Waals surface area (Å²) >= 11 is 0. The van der Waals surface area contributed by atoms with Crippen LogP contribution in [0.15, 0.2) is 30.6 Å². The number of likely N-dealkylation sites (N-methyl/N-ethyl adjacent to an activating group) is 2. The fraction of sp³-hybridized carbons (Fsp3) is 0.500. The number of rotatable bonds is 6. The van der Waals surface area contributed by atoms with E-state index in [4.69, 9.17) is 0 Å². The molecule has 0 unspecified atom stereocenters. The Morgan fingerprint density at radius 3 is 2.52 bits per heavy atom. The quantitative estimate of drug-likeness (QED) is 0.772. The second-order valence-electron chi connectivity index (χ2n) is 6.91. The minimum atomic E-state index is 0.0000341. The van der Waals surface area contributed by atoms with Crippen molar-refractivity contribution in [3.63, 3.8) is 0 Å². The van der Waals surface area contributed by atoms with E-state index in [-0.39, 0.29) is 5.91 Å². The standard InChI is InChI=1S/C20H28N6O/c1-4-25-11-13-26(14-12-25)20(27)18-15-19(23-16(2)22-18)24(3)10-7-17-5-8-21-9-6-17/h5-6,8-9,15H,4,7,10-14H2,1-3H3. The first-order valence-electron chi connectivity index (χ1n) is 9.54. The van der Waals surface area contributed by atoms with Crippen molar-refractivity contribution >= 4 is 11.7 Å². The van der Waals surface area contributed by atoms with E-state index in [1.807, 2.05) is 37.1 Å². The maximum atomic E-state index is 12.9. The predicted octanol–water partition coefficient (Wildman–Crippen LogP) is 1.64. The fourth-order valence-electron chi connectivity index (χ4n) is 3.25.